The molecule has 1 aliphatic heterocycles. The van der Waals surface area contributed by atoms with Gasteiger partial charge in [-0.05, 0) is 30.2 Å². The van der Waals surface area contributed by atoms with Crippen molar-refractivity contribution in [1.29, 1.82) is 0 Å². The number of aryl methyl sites for hydroxylation is 1. The maximum Gasteiger partial charge on any atom is 0.228 e. The Labute approximate surface area is 142 Å². The van der Waals surface area contributed by atoms with Crippen molar-refractivity contribution in [2.45, 2.75) is 25.1 Å². The van der Waals surface area contributed by atoms with Crippen LogP contribution in [-0.4, -0.2) is 26.9 Å². The number of amides is 1. The molecule has 2 aromatic rings. The highest BCUT2D eigenvalue weighted by Crippen LogP contribution is 2.22. The number of nitrogens with zero attached hydrogens (tertiary/aromatic N) is 1. The molecule has 3 rings (SSSR count). The molecule has 0 aromatic heterocycles. The first kappa shape index (κ1) is 16.7. The van der Waals surface area contributed by atoms with E-state index >= 15 is 0 Å². The summed E-state index contributed by atoms with van der Waals surface area (Å²) < 4.78 is 27.5. The molecule has 1 N–H and O–H groups in total. The van der Waals surface area contributed by atoms with E-state index in [9.17, 15) is 13.2 Å². The smallest absolute Gasteiger partial charge is 0.228 e. The number of para-hydroxylation sites is 1. The van der Waals surface area contributed by atoms with Gasteiger partial charge in [0, 0.05) is 24.7 Å². The Balaban J connectivity index is 1.68. The van der Waals surface area contributed by atoms with Crippen LogP contribution in [0.4, 0.5) is 5.69 Å². The van der Waals surface area contributed by atoms with Crippen molar-refractivity contribution in [3.05, 3.63) is 65.7 Å². The van der Waals surface area contributed by atoms with Crippen molar-refractivity contribution in [2.75, 3.05) is 11.4 Å². The van der Waals surface area contributed by atoms with Crippen molar-refractivity contribution in [1.82, 2.24) is 4.72 Å². The number of rotatable bonds is 5. The number of nitrogens with one attached hydrogen (secondary N) is 1. The largest absolute Gasteiger partial charge is 0.311 e. The van der Waals surface area contributed by atoms with Crippen LogP contribution in [0.25, 0.3) is 0 Å². The summed E-state index contributed by atoms with van der Waals surface area (Å²) in [5, 5.41) is 0. The van der Waals surface area contributed by atoms with Crippen LogP contribution in [-0.2, 0) is 20.6 Å². The van der Waals surface area contributed by atoms with E-state index in [0.717, 1.165) is 16.8 Å². The van der Waals surface area contributed by atoms with E-state index in [-0.39, 0.29) is 18.1 Å². The molecule has 0 radical (unpaired) electrons. The minimum atomic E-state index is -3.50. The number of anilines is 1. The van der Waals surface area contributed by atoms with E-state index in [4.69, 9.17) is 0 Å². The molecule has 1 unspecified atom stereocenters. The van der Waals surface area contributed by atoms with Gasteiger partial charge in [-0.1, -0.05) is 42.5 Å². The summed E-state index contributed by atoms with van der Waals surface area (Å²) in [5.41, 5.74) is 2.51. The topological polar surface area (TPSA) is 66.5 Å². The van der Waals surface area contributed by atoms with E-state index in [1.165, 1.54) is 0 Å². The summed E-state index contributed by atoms with van der Waals surface area (Å²) in [6, 6.07) is 16.3. The number of sulfonamides is 1. The molecular formula is C18H20N2O3S. The Morgan fingerprint density at radius 1 is 1.08 bits per heavy atom. The second kappa shape index (κ2) is 6.75. The summed E-state index contributed by atoms with van der Waals surface area (Å²) in [6.07, 6.45) is 0.182. The zero-order valence-electron chi connectivity index (χ0n) is 13.5. The van der Waals surface area contributed by atoms with Gasteiger partial charge in [0.25, 0.3) is 0 Å². The van der Waals surface area contributed by atoms with Gasteiger partial charge >= 0.3 is 0 Å². The predicted molar refractivity (Wildman–Crippen MR) is 94.1 cm³/mol. The number of carbonyl (C=O) groups is 1. The quantitative estimate of drug-likeness (QED) is 0.904. The molecule has 1 atom stereocenters. The molecule has 6 heteroatoms. The molecule has 5 nitrogen and oxygen atoms in total. The maximum absolute atomic E-state index is 12.4. The molecule has 0 bridgehead atoms. The lowest BCUT2D eigenvalue weighted by Gasteiger charge is -2.17. The van der Waals surface area contributed by atoms with Crippen molar-refractivity contribution in [2.24, 2.45) is 0 Å². The van der Waals surface area contributed by atoms with Crippen molar-refractivity contribution in [3.63, 3.8) is 0 Å². The van der Waals surface area contributed by atoms with E-state index in [0.29, 0.717) is 6.54 Å². The Morgan fingerprint density at radius 2 is 1.75 bits per heavy atom. The van der Waals surface area contributed by atoms with E-state index in [1.807, 2.05) is 61.5 Å². The molecule has 0 saturated carbocycles. The summed E-state index contributed by atoms with van der Waals surface area (Å²) in [5.74, 6) is -0.139. The Bertz CT molecular complexity index is 834. The molecule has 24 heavy (non-hydrogen) atoms. The fourth-order valence-corrected chi connectivity index (χ4v) is 4.40. The second-order valence-electron chi connectivity index (χ2n) is 6.04. The van der Waals surface area contributed by atoms with Gasteiger partial charge in [-0.25, -0.2) is 13.1 Å². The molecule has 2 aromatic carbocycles. The number of benzene rings is 2. The van der Waals surface area contributed by atoms with Crippen molar-refractivity contribution in [3.8, 4) is 0 Å². The molecule has 1 fully saturated rings. The number of hydrogen-bond acceptors (Lipinski definition) is 3. The molecule has 0 spiro atoms. The zero-order chi connectivity index (χ0) is 17.2. The Morgan fingerprint density at radius 3 is 2.46 bits per heavy atom. The monoisotopic (exact) mass is 344 g/mol. The Hall–Kier alpha value is -2.18. The van der Waals surface area contributed by atoms with Gasteiger partial charge in [0.1, 0.15) is 0 Å². The second-order valence-corrected chi connectivity index (χ2v) is 7.80. The van der Waals surface area contributed by atoms with Gasteiger partial charge < -0.3 is 4.90 Å². The third kappa shape index (κ3) is 3.83. The van der Waals surface area contributed by atoms with E-state index in [1.54, 1.807) is 4.90 Å². The third-order valence-electron chi connectivity index (χ3n) is 4.15. The SMILES string of the molecule is Cc1ccccc1CS(=O)(=O)NC1CC(=O)N(c2ccccc2)C1. The fraction of sp³-hybridized carbons (Fsp3) is 0.278. The lowest BCUT2D eigenvalue weighted by Crippen LogP contribution is -2.37. The molecule has 1 saturated heterocycles. The standard InChI is InChI=1S/C18H20N2O3S/c1-14-7-5-6-8-15(14)13-24(22,23)19-16-11-18(21)20(12-16)17-9-3-2-4-10-17/h2-10,16,19H,11-13H2,1H3. The number of carbonyl (C=O) groups excluding carboxylic acids is 1. The van der Waals surface area contributed by atoms with E-state index < -0.39 is 16.1 Å². The van der Waals surface area contributed by atoms with Crippen molar-refractivity contribution < 1.29 is 13.2 Å². The highest BCUT2D eigenvalue weighted by Gasteiger charge is 2.33. The first-order chi connectivity index (χ1) is 11.4. The minimum absolute atomic E-state index is 0.0650. The minimum Gasteiger partial charge on any atom is -0.311 e. The highest BCUT2D eigenvalue weighted by molar-refractivity contribution is 7.88. The lowest BCUT2D eigenvalue weighted by atomic mass is 10.1. The van der Waals surface area contributed by atoms with Crippen LogP contribution < -0.4 is 9.62 Å². The van der Waals surface area contributed by atoms with Crippen LogP contribution in [0.5, 0.6) is 0 Å². The van der Waals surface area contributed by atoms with Gasteiger partial charge in [-0.2, -0.15) is 0 Å². The average molecular weight is 344 g/mol. The van der Waals surface area contributed by atoms with Crippen LogP contribution >= 0.6 is 0 Å². The first-order valence-electron chi connectivity index (χ1n) is 7.84. The van der Waals surface area contributed by atoms with Crippen LogP contribution in [0.2, 0.25) is 0 Å². The average Bonchev–Trinajstić information content (AvgIpc) is 2.90. The van der Waals surface area contributed by atoms with E-state index in [2.05, 4.69) is 4.72 Å². The van der Waals surface area contributed by atoms with Gasteiger partial charge in [0.2, 0.25) is 15.9 Å². The predicted octanol–water partition coefficient (Wildman–Crippen LogP) is 2.22. The van der Waals surface area contributed by atoms with Crippen LogP contribution in [0.1, 0.15) is 17.5 Å². The molecule has 1 aliphatic rings. The molecular weight excluding hydrogens is 324 g/mol. The van der Waals surface area contributed by atoms with Crippen LogP contribution in [0.3, 0.4) is 0 Å². The highest BCUT2D eigenvalue weighted by atomic mass is 32.2. The van der Waals surface area contributed by atoms with Crippen LogP contribution in [0, 0.1) is 6.92 Å². The molecule has 1 heterocycles. The summed E-state index contributed by atoms with van der Waals surface area (Å²) in [6.45, 7) is 2.25. The molecule has 126 valence electrons. The van der Waals surface area contributed by atoms with Crippen LogP contribution in [0.15, 0.2) is 54.6 Å². The summed E-state index contributed by atoms with van der Waals surface area (Å²) in [7, 11) is -3.50. The summed E-state index contributed by atoms with van der Waals surface area (Å²) >= 11 is 0. The van der Waals surface area contributed by atoms with Gasteiger partial charge in [-0.15, -0.1) is 0 Å². The van der Waals surface area contributed by atoms with Crippen molar-refractivity contribution >= 4 is 21.6 Å². The zero-order valence-corrected chi connectivity index (χ0v) is 14.3. The lowest BCUT2D eigenvalue weighted by molar-refractivity contribution is -0.117. The molecule has 1 amide bonds. The number of hydrogen-bond donors (Lipinski definition) is 1. The third-order valence-corrected chi connectivity index (χ3v) is 5.53. The van der Waals surface area contributed by atoms with Gasteiger partial charge in [-0.3, -0.25) is 4.79 Å². The molecule has 0 aliphatic carbocycles. The first-order valence-corrected chi connectivity index (χ1v) is 9.50. The maximum atomic E-state index is 12.4. The van der Waals surface area contributed by atoms with Gasteiger partial charge in [0.15, 0.2) is 0 Å². The normalized spacial score (nSPS) is 18.1. The fourth-order valence-electron chi connectivity index (χ4n) is 2.92. The Kier molecular flexibility index (Phi) is 4.69. The summed E-state index contributed by atoms with van der Waals surface area (Å²) in [4.78, 5) is 13.8. The van der Waals surface area contributed by atoms with Gasteiger partial charge in [0.05, 0.1) is 5.75 Å².